The van der Waals surface area contributed by atoms with Crippen molar-refractivity contribution < 1.29 is 17.9 Å². The summed E-state index contributed by atoms with van der Waals surface area (Å²) >= 11 is 1.01. The predicted octanol–water partition coefficient (Wildman–Crippen LogP) is 2.43. The summed E-state index contributed by atoms with van der Waals surface area (Å²) in [6, 6.07) is 6.71. The fourth-order valence-electron chi connectivity index (χ4n) is 3.34. The van der Waals surface area contributed by atoms with E-state index in [0.717, 1.165) is 29.7 Å². The van der Waals surface area contributed by atoms with Gasteiger partial charge in [-0.05, 0) is 42.8 Å². The van der Waals surface area contributed by atoms with Crippen molar-refractivity contribution in [1.29, 1.82) is 0 Å². The second-order valence-electron chi connectivity index (χ2n) is 6.79. The lowest BCUT2D eigenvalue weighted by atomic mass is 10.1. The second-order valence-corrected chi connectivity index (χ2v) is 9.61. The molecule has 0 amide bonds. The molecule has 152 valence electrons. The number of esters is 1. The van der Waals surface area contributed by atoms with E-state index in [1.54, 1.807) is 17.5 Å². The SMILES string of the molecule is Cc1cccc2c(=O)[nH]c(COC(=O)c3sccc3S(=O)(=O)N3CCCC3)nc12. The fourth-order valence-corrected chi connectivity index (χ4v) is 6.14. The Morgan fingerprint density at radius 3 is 2.79 bits per heavy atom. The van der Waals surface area contributed by atoms with Gasteiger partial charge < -0.3 is 9.72 Å². The van der Waals surface area contributed by atoms with E-state index >= 15 is 0 Å². The molecule has 1 N–H and O–H groups in total. The molecule has 0 radical (unpaired) electrons. The minimum absolute atomic E-state index is 0.0243. The summed E-state index contributed by atoms with van der Waals surface area (Å²) in [6.45, 7) is 2.48. The molecule has 8 nitrogen and oxygen atoms in total. The van der Waals surface area contributed by atoms with Crippen molar-refractivity contribution in [3.05, 3.63) is 56.3 Å². The van der Waals surface area contributed by atoms with Crippen LogP contribution < -0.4 is 5.56 Å². The van der Waals surface area contributed by atoms with Crippen LogP contribution in [0, 0.1) is 6.92 Å². The number of nitrogens with zero attached hydrogens (tertiary/aromatic N) is 2. The number of carbonyl (C=O) groups excluding carboxylic acids is 1. The third kappa shape index (κ3) is 3.70. The van der Waals surface area contributed by atoms with E-state index < -0.39 is 16.0 Å². The van der Waals surface area contributed by atoms with Gasteiger partial charge in [-0.3, -0.25) is 4.79 Å². The van der Waals surface area contributed by atoms with Gasteiger partial charge in [-0.15, -0.1) is 11.3 Å². The molecular weight excluding hydrogens is 414 g/mol. The van der Waals surface area contributed by atoms with Crippen LogP contribution in [0.4, 0.5) is 0 Å². The quantitative estimate of drug-likeness (QED) is 0.619. The lowest BCUT2D eigenvalue weighted by molar-refractivity contribution is 0.0464. The Morgan fingerprint density at radius 1 is 1.28 bits per heavy atom. The normalized spacial score (nSPS) is 15.1. The average molecular weight is 434 g/mol. The molecule has 0 atom stereocenters. The molecule has 1 aromatic carbocycles. The van der Waals surface area contributed by atoms with Gasteiger partial charge in [0, 0.05) is 13.1 Å². The number of ether oxygens (including phenoxy) is 1. The van der Waals surface area contributed by atoms with Crippen LogP contribution in [-0.4, -0.2) is 41.7 Å². The molecule has 3 aromatic rings. The molecule has 4 rings (SSSR count). The van der Waals surface area contributed by atoms with E-state index in [-0.39, 0.29) is 27.8 Å². The van der Waals surface area contributed by atoms with Crippen molar-refractivity contribution in [2.24, 2.45) is 0 Å². The van der Waals surface area contributed by atoms with Crippen molar-refractivity contribution in [3.63, 3.8) is 0 Å². The summed E-state index contributed by atoms with van der Waals surface area (Å²) in [4.78, 5) is 31.8. The Bertz CT molecular complexity index is 1240. The van der Waals surface area contributed by atoms with Gasteiger partial charge in [0.25, 0.3) is 5.56 Å². The molecule has 29 heavy (non-hydrogen) atoms. The number of thiophene rings is 1. The summed E-state index contributed by atoms with van der Waals surface area (Å²) in [5.74, 6) is -0.559. The molecular formula is C19H19N3O5S2. The van der Waals surface area contributed by atoms with Crippen LogP contribution in [0.25, 0.3) is 10.9 Å². The van der Waals surface area contributed by atoms with Crippen molar-refractivity contribution in [1.82, 2.24) is 14.3 Å². The summed E-state index contributed by atoms with van der Waals surface area (Å²) in [6.07, 6.45) is 1.62. The molecule has 0 bridgehead atoms. The minimum atomic E-state index is -3.73. The number of para-hydroxylation sites is 1. The fraction of sp³-hybridized carbons (Fsp3) is 0.316. The van der Waals surface area contributed by atoms with E-state index in [2.05, 4.69) is 9.97 Å². The van der Waals surface area contributed by atoms with E-state index in [1.807, 2.05) is 13.0 Å². The monoisotopic (exact) mass is 433 g/mol. The number of fused-ring (bicyclic) bond motifs is 1. The first kappa shape index (κ1) is 19.7. The maximum atomic E-state index is 12.8. The molecule has 1 saturated heterocycles. The number of sulfonamides is 1. The molecule has 0 aliphatic carbocycles. The Kier molecular flexibility index (Phi) is 5.24. The molecule has 1 aliphatic heterocycles. The Hall–Kier alpha value is -2.56. The smallest absolute Gasteiger partial charge is 0.350 e. The van der Waals surface area contributed by atoms with Crippen LogP contribution in [0.5, 0.6) is 0 Å². The van der Waals surface area contributed by atoms with Crippen molar-refractivity contribution in [2.75, 3.05) is 13.1 Å². The largest absolute Gasteiger partial charge is 0.453 e. The highest BCUT2D eigenvalue weighted by molar-refractivity contribution is 7.89. The zero-order valence-electron chi connectivity index (χ0n) is 15.7. The maximum Gasteiger partial charge on any atom is 0.350 e. The Balaban J connectivity index is 1.56. The topological polar surface area (TPSA) is 109 Å². The molecule has 0 spiro atoms. The molecule has 0 unspecified atom stereocenters. The highest BCUT2D eigenvalue weighted by atomic mass is 32.2. The number of aromatic nitrogens is 2. The van der Waals surface area contributed by atoms with Gasteiger partial charge in [0.2, 0.25) is 10.0 Å². The number of hydrogen-bond acceptors (Lipinski definition) is 7. The lowest BCUT2D eigenvalue weighted by Gasteiger charge is -2.15. The molecule has 2 aromatic heterocycles. The number of aromatic amines is 1. The standard InChI is InChI=1S/C19H19N3O5S2/c1-12-5-4-6-13-16(12)20-15(21-18(13)23)11-27-19(24)17-14(7-10-28-17)29(25,26)22-8-2-3-9-22/h4-7,10H,2-3,8-9,11H2,1H3,(H,20,21,23). The number of rotatable bonds is 5. The van der Waals surface area contributed by atoms with Gasteiger partial charge in [0.15, 0.2) is 0 Å². The van der Waals surface area contributed by atoms with Gasteiger partial charge in [-0.2, -0.15) is 4.31 Å². The van der Waals surface area contributed by atoms with Crippen LogP contribution in [0.3, 0.4) is 0 Å². The van der Waals surface area contributed by atoms with Gasteiger partial charge >= 0.3 is 5.97 Å². The highest BCUT2D eigenvalue weighted by Gasteiger charge is 2.32. The number of H-pyrrole nitrogens is 1. The van der Waals surface area contributed by atoms with Crippen LogP contribution in [0.1, 0.15) is 33.9 Å². The summed E-state index contributed by atoms with van der Waals surface area (Å²) < 4.78 is 32.2. The first-order valence-corrected chi connectivity index (χ1v) is 11.4. The van der Waals surface area contributed by atoms with Gasteiger partial charge in [0.1, 0.15) is 22.2 Å². The van der Waals surface area contributed by atoms with Crippen LogP contribution in [0.15, 0.2) is 39.3 Å². The first-order valence-electron chi connectivity index (χ1n) is 9.11. The number of nitrogens with one attached hydrogen (secondary N) is 1. The zero-order valence-corrected chi connectivity index (χ0v) is 17.3. The molecule has 1 fully saturated rings. The Labute approximate surface area is 171 Å². The van der Waals surface area contributed by atoms with E-state index in [0.29, 0.717) is 24.0 Å². The summed E-state index contributed by atoms with van der Waals surface area (Å²) in [5, 5.41) is 2.01. The zero-order chi connectivity index (χ0) is 20.6. The molecule has 1 aliphatic rings. The highest BCUT2D eigenvalue weighted by Crippen LogP contribution is 2.28. The Morgan fingerprint density at radius 2 is 2.03 bits per heavy atom. The summed E-state index contributed by atoms with van der Waals surface area (Å²) in [7, 11) is -3.73. The number of carbonyl (C=O) groups is 1. The van der Waals surface area contributed by atoms with Crippen molar-refractivity contribution in [3.8, 4) is 0 Å². The average Bonchev–Trinajstić information content (AvgIpc) is 3.39. The summed E-state index contributed by atoms with van der Waals surface area (Å²) in [5.41, 5.74) is 1.05. The molecule has 3 heterocycles. The number of hydrogen-bond donors (Lipinski definition) is 1. The third-order valence-corrected chi connectivity index (χ3v) is 7.79. The van der Waals surface area contributed by atoms with Crippen molar-refractivity contribution in [2.45, 2.75) is 31.3 Å². The number of aryl methyl sites for hydroxylation is 1. The second kappa shape index (κ2) is 7.69. The van der Waals surface area contributed by atoms with E-state index in [1.165, 1.54) is 10.4 Å². The maximum absolute atomic E-state index is 12.8. The van der Waals surface area contributed by atoms with Crippen LogP contribution in [0.2, 0.25) is 0 Å². The van der Waals surface area contributed by atoms with Crippen LogP contribution >= 0.6 is 11.3 Å². The molecule has 0 saturated carbocycles. The number of benzene rings is 1. The van der Waals surface area contributed by atoms with Crippen molar-refractivity contribution >= 4 is 38.2 Å². The predicted molar refractivity (Wildman–Crippen MR) is 109 cm³/mol. The van der Waals surface area contributed by atoms with Gasteiger partial charge in [-0.1, -0.05) is 12.1 Å². The van der Waals surface area contributed by atoms with Gasteiger partial charge in [-0.25, -0.2) is 18.2 Å². The first-order chi connectivity index (χ1) is 13.9. The third-order valence-electron chi connectivity index (χ3n) is 4.82. The minimum Gasteiger partial charge on any atom is -0.453 e. The lowest BCUT2D eigenvalue weighted by Crippen LogP contribution is -2.28. The van der Waals surface area contributed by atoms with E-state index in [4.69, 9.17) is 4.74 Å². The van der Waals surface area contributed by atoms with E-state index in [9.17, 15) is 18.0 Å². The van der Waals surface area contributed by atoms with Gasteiger partial charge in [0.05, 0.1) is 10.9 Å². The molecule has 10 heteroatoms. The van der Waals surface area contributed by atoms with Crippen LogP contribution in [-0.2, 0) is 21.4 Å².